The number of hydrogen-bond acceptors (Lipinski definition) is 2. The standard InChI is InChI=1S/C9H11Br2N3S/c1-3-12-9(15)14-8-7(11)5(2)6(10)4-13-8/h4H,3H2,1-2H3,(H2,12,13,14,15). The zero-order valence-corrected chi connectivity index (χ0v) is 12.4. The zero-order valence-electron chi connectivity index (χ0n) is 8.40. The summed E-state index contributed by atoms with van der Waals surface area (Å²) in [5.74, 6) is 0.724. The Labute approximate surface area is 111 Å². The molecule has 0 saturated carbocycles. The summed E-state index contributed by atoms with van der Waals surface area (Å²) in [7, 11) is 0. The van der Waals surface area contributed by atoms with E-state index < -0.39 is 0 Å². The molecule has 0 atom stereocenters. The minimum Gasteiger partial charge on any atom is -0.363 e. The second-order valence-electron chi connectivity index (χ2n) is 2.88. The van der Waals surface area contributed by atoms with Crippen molar-refractivity contribution < 1.29 is 0 Å². The topological polar surface area (TPSA) is 37.0 Å². The van der Waals surface area contributed by atoms with Crippen molar-refractivity contribution in [1.82, 2.24) is 10.3 Å². The molecule has 0 spiro atoms. The second-order valence-corrected chi connectivity index (χ2v) is 4.93. The van der Waals surface area contributed by atoms with Crippen LogP contribution in [-0.2, 0) is 0 Å². The number of thiocarbonyl (C=S) groups is 1. The van der Waals surface area contributed by atoms with Crippen LogP contribution in [0.15, 0.2) is 15.1 Å². The predicted octanol–water partition coefficient (Wildman–Crippen LogP) is 3.22. The summed E-state index contributed by atoms with van der Waals surface area (Å²) in [5, 5.41) is 6.60. The molecule has 0 aliphatic heterocycles. The van der Waals surface area contributed by atoms with Crippen LogP contribution in [0.3, 0.4) is 0 Å². The van der Waals surface area contributed by atoms with Crippen molar-refractivity contribution in [2.45, 2.75) is 13.8 Å². The molecule has 1 aromatic rings. The molecule has 0 saturated heterocycles. The molecule has 0 aliphatic rings. The third-order valence-corrected chi connectivity index (χ3v) is 3.79. The molecular formula is C9H11Br2N3S. The molecule has 0 aromatic carbocycles. The molecular weight excluding hydrogens is 342 g/mol. The maximum absolute atomic E-state index is 5.08. The highest BCUT2D eigenvalue weighted by Crippen LogP contribution is 2.29. The van der Waals surface area contributed by atoms with Crippen LogP contribution in [-0.4, -0.2) is 16.6 Å². The van der Waals surface area contributed by atoms with Crippen LogP contribution in [0.2, 0.25) is 0 Å². The molecule has 2 N–H and O–H groups in total. The lowest BCUT2D eigenvalue weighted by molar-refractivity contribution is 0.977. The van der Waals surface area contributed by atoms with Gasteiger partial charge in [0.05, 0.1) is 4.47 Å². The van der Waals surface area contributed by atoms with E-state index in [-0.39, 0.29) is 0 Å². The minimum atomic E-state index is 0.576. The van der Waals surface area contributed by atoms with Gasteiger partial charge < -0.3 is 10.6 Å². The zero-order chi connectivity index (χ0) is 11.4. The number of halogens is 2. The Balaban J connectivity index is 2.87. The average molecular weight is 353 g/mol. The molecule has 15 heavy (non-hydrogen) atoms. The van der Waals surface area contributed by atoms with E-state index in [0.717, 1.165) is 26.9 Å². The first-order chi connectivity index (χ1) is 7.06. The SMILES string of the molecule is CCNC(=S)Nc1ncc(Br)c(C)c1Br. The van der Waals surface area contributed by atoms with Gasteiger partial charge in [-0.3, -0.25) is 0 Å². The van der Waals surface area contributed by atoms with E-state index >= 15 is 0 Å². The van der Waals surface area contributed by atoms with Crippen molar-refractivity contribution in [3.05, 3.63) is 20.7 Å². The number of rotatable bonds is 2. The minimum absolute atomic E-state index is 0.576. The smallest absolute Gasteiger partial charge is 0.171 e. The second kappa shape index (κ2) is 5.77. The molecule has 0 amide bonds. The van der Waals surface area contributed by atoms with Crippen LogP contribution < -0.4 is 10.6 Å². The third-order valence-electron chi connectivity index (χ3n) is 1.77. The van der Waals surface area contributed by atoms with E-state index in [2.05, 4.69) is 47.5 Å². The molecule has 1 heterocycles. The first-order valence-electron chi connectivity index (χ1n) is 4.41. The molecule has 6 heteroatoms. The van der Waals surface area contributed by atoms with E-state index in [1.54, 1.807) is 6.20 Å². The van der Waals surface area contributed by atoms with Crippen molar-refractivity contribution in [1.29, 1.82) is 0 Å². The summed E-state index contributed by atoms with van der Waals surface area (Å²) in [6, 6.07) is 0. The lowest BCUT2D eigenvalue weighted by Gasteiger charge is -2.11. The summed E-state index contributed by atoms with van der Waals surface area (Å²) in [4.78, 5) is 4.23. The van der Waals surface area contributed by atoms with Crippen LogP contribution in [0.5, 0.6) is 0 Å². The fourth-order valence-corrected chi connectivity index (χ4v) is 2.18. The van der Waals surface area contributed by atoms with Gasteiger partial charge in [0.25, 0.3) is 0 Å². The maximum Gasteiger partial charge on any atom is 0.171 e. The van der Waals surface area contributed by atoms with E-state index in [9.17, 15) is 0 Å². The molecule has 1 rings (SSSR count). The maximum atomic E-state index is 5.08. The van der Waals surface area contributed by atoms with Crippen LogP contribution in [0, 0.1) is 6.92 Å². The highest BCUT2D eigenvalue weighted by Gasteiger charge is 2.08. The van der Waals surface area contributed by atoms with E-state index in [1.165, 1.54) is 0 Å². The van der Waals surface area contributed by atoms with Crippen molar-refractivity contribution in [3.8, 4) is 0 Å². The van der Waals surface area contributed by atoms with Crippen molar-refractivity contribution in [3.63, 3.8) is 0 Å². The molecule has 0 aliphatic carbocycles. The van der Waals surface area contributed by atoms with Crippen molar-refractivity contribution in [2.24, 2.45) is 0 Å². The van der Waals surface area contributed by atoms with Crippen molar-refractivity contribution in [2.75, 3.05) is 11.9 Å². The molecule has 82 valence electrons. The fraction of sp³-hybridized carbons (Fsp3) is 0.333. The van der Waals surface area contributed by atoms with Gasteiger partial charge in [0.2, 0.25) is 0 Å². The van der Waals surface area contributed by atoms with Gasteiger partial charge in [-0.15, -0.1) is 0 Å². The van der Waals surface area contributed by atoms with E-state index in [1.807, 2.05) is 13.8 Å². The Hall–Kier alpha value is -0.200. The first-order valence-corrected chi connectivity index (χ1v) is 6.41. The molecule has 0 radical (unpaired) electrons. The van der Waals surface area contributed by atoms with E-state index in [0.29, 0.717) is 5.11 Å². The number of nitrogens with zero attached hydrogens (tertiary/aromatic N) is 1. The summed E-state index contributed by atoms with van der Waals surface area (Å²) in [6.07, 6.45) is 1.75. The number of pyridine rings is 1. The van der Waals surface area contributed by atoms with Gasteiger partial charge >= 0.3 is 0 Å². The number of anilines is 1. The molecule has 3 nitrogen and oxygen atoms in total. The van der Waals surface area contributed by atoms with Crippen LogP contribution in [0.1, 0.15) is 12.5 Å². The van der Waals surface area contributed by atoms with Gasteiger partial charge in [-0.25, -0.2) is 4.98 Å². The Morgan fingerprint density at radius 2 is 2.20 bits per heavy atom. The summed E-state index contributed by atoms with van der Waals surface area (Å²) < 4.78 is 1.88. The van der Waals surface area contributed by atoms with Gasteiger partial charge in [-0.05, 0) is 63.5 Å². The lowest BCUT2D eigenvalue weighted by Crippen LogP contribution is -2.28. The summed E-state index contributed by atoms with van der Waals surface area (Å²) in [5.41, 5.74) is 1.09. The molecule has 1 aromatic heterocycles. The average Bonchev–Trinajstić information content (AvgIpc) is 2.20. The molecule has 0 bridgehead atoms. The fourth-order valence-electron chi connectivity index (χ4n) is 0.957. The molecule has 0 unspecified atom stereocenters. The number of hydrogen-bond donors (Lipinski definition) is 2. The summed E-state index contributed by atoms with van der Waals surface area (Å²) in [6.45, 7) is 4.78. The highest BCUT2D eigenvalue weighted by atomic mass is 79.9. The van der Waals surface area contributed by atoms with Gasteiger partial charge in [0, 0.05) is 17.2 Å². The predicted molar refractivity (Wildman–Crippen MR) is 74.3 cm³/mol. The quantitative estimate of drug-likeness (QED) is 0.801. The molecule has 0 fully saturated rings. The third kappa shape index (κ3) is 3.39. The first kappa shape index (κ1) is 12.9. The Kier molecular flexibility index (Phi) is 4.95. The number of aromatic nitrogens is 1. The Bertz CT molecular complexity index is 382. The van der Waals surface area contributed by atoms with Gasteiger partial charge in [-0.1, -0.05) is 0 Å². The van der Waals surface area contributed by atoms with E-state index in [4.69, 9.17) is 12.2 Å². The van der Waals surface area contributed by atoms with Gasteiger partial charge in [0.1, 0.15) is 5.82 Å². The highest BCUT2D eigenvalue weighted by molar-refractivity contribution is 9.11. The van der Waals surface area contributed by atoms with Gasteiger partial charge in [0.15, 0.2) is 5.11 Å². The monoisotopic (exact) mass is 351 g/mol. The van der Waals surface area contributed by atoms with Gasteiger partial charge in [-0.2, -0.15) is 0 Å². The summed E-state index contributed by atoms with van der Waals surface area (Å²) >= 11 is 12.0. The van der Waals surface area contributed by atoms with Crippen molar-refractivity contribution >= 4 is 55.0 Å². The largest absolute Gasteiger partial charge is 0.363 e. The van der Waals surface area contributed by atoms with Crippen LogP contribution in [0.4, 0.5) is 5.82 Å². The number of nitrogens with one attached hydrogen (secondary N) is 2. The van der Waals surface area contributed by atoms with Crippen LogP contribution in [0.25, 0.3) is 0 Å². The Morgan fingerprint density at radius 3 is 2.80 bits per heavy atom. The lowest BCUT2D eigenvalue weighted by atomic mass is 10.3. The Morgan fingerprint density at radius 1 is 1.53 bits per heavy atom. The normalized spacial score (nSPS) is 9.87. The van der Waals surface area contributed by atoms with Crippen LogP contribution >= 0.6 is 44.1 Å².